The van der Waals surface area contributed by atoms with Gasteiger partial charge in [0.2, 0.25) is 0 Å². The molecule has 5 heteroatoms. The van der Waals surface area contributed by atoms with Crippen molar-refractivity contribution in [1.82, 2.24) is 4.98 Å². The van der Waals surface area contributed by atoms with Crippen LogP contribution in [0, 0.1) is 5.41 Å². The monoisotopic (exact) mass is 234 g/mol. The first-order valence-corrected chi connectivity index (χ1v) is 5.87. The van der Waals surface area contributed by atoms with Crippen LogP contribution in [-0.4, -0.2) is 36.6 Å². The highest BCUT2D eigenvalue weighted by molar-refractivity contribution is 5.95. The maximum atomic E-state index is 7.43. The summed E-state index contributed by atoms with van der Waals surface area (Å²) < 4.78 is 5.62. The molecule has 1 aromatic heterocycles. The maximum Gasteiger partial charge on any atom is 0.129 e. The molecule has 1 atom stereocenters. The summed E-state index contributed by atoms with van der Waals surface area (Å²) in [6.45, 7) is 4.54. The van der Waals surface area contributed by atoms with E-state index in [1.165, 1.54) is 0 Å². The smallest absolute Gasteiger partial charge is 0.129 e. The predicted octanol–water partition coefficient (Wildman–Crippen LogP) is 0.981. The minimum Gasteiger partial charge on any atom is -0.384 e. The van der Waals surface area contributed by atoms with Gasteiger partial charge in [0.05, 0.1) is 12.7 Å². The number of morpholine rings is 1. The number of nitrogens with one attached hydrogen (secondary N) is 1. The fraction of sp³-hybridized carbons (Fsp3) is 0.500. The van der Waals surface area contributed by atoms with Crippen LogP contribution in [0.4, 0.5) is 5.82 Å². The number of aromatic nitrogens is 1. The summed E-state index contributed by atoms with van der Waals surface area (Å²) in [4.78, 5) is 6.52. The van der Waals surface area contributed by atoms with E-state index >= 15 is 0 Å². The van der Waals surface area contributed by atoms with Crippen molar-refractivity contribution in [3.63, 3.8) is 0 Å². The summed E-state index contributed by atoms with van der Waals surface area (Å²) in [5, 5.41) is 7.43. The van der Waals surface area contributed by atoms with E-state index in [1.54, 1.807) is 12.3 Å². The second-order valence-corrected chi connectivity index (χ2v) is 4.16. The van der Waals surface area contributed by atoms with Crippen LogP contribution in [-0.2, 0) is 4.74 Å². The number of anilines is 1. The molecule has 0 radical (unpaired) electrons. The molecule has 0 aliphatic carbocycles. The number of hydrogen-bond acceptors (Lipinski definition) is 4. The Morgan fingerprint density at radius 1 is 1.71 bits per heavy atom. The van der Waals surface area contributed by atoms with Crippen molar-refractivity contribution in [2.24, 2.45) is 5.73 Å². The van der Waals surface area contributed by atoms with Gasteiger partial charge in [-0.3, -0.25) is 5.41 Å². The van der Waals surface area contributed by atoms with Crippen LogP contribution < -0.4 is 10.6 Å². The minimum atomic E-state index is 0.0777. The summed E-state index contributed by atoms with van der Waals surface area (Å²) in [5.74, 6) is 0.952. The second kappa shape index (κ2) is 5.14. The number of pyridine rings is 1. The molecule has 3 N–H and O–H groups in total. The molecule has 0 saturated carbocycles. The second-order valence-electron chi connectivity index (χ2n) is 4.16. The molecule has 1 aliphatic heterocycles. The van der Waals surface area contributed by atoms with Crippen molar-refractivity contribution in [2.45, 2.75) is 19.4 Å². The quantitative estimate of drug-likeness (QED) is 0.604. The third kappa shape index (κ3) is 2.74. The van der Waals surface area contributed by atoms with Gasteiger partial charge in [0.15, 0.2) is 0 Å². The van der Waals surface area contributed by atoms with E-state index in [1.807, 2.05) is 6.07 Å². The lowest BCUT2D eigenvalue weighted by atomic mass is 10.2. The van der Waals surface area contributed by atoms with Crippen LogP contribution >= 0.6 is 0 Å². The number of nitrogens with two attached hydrogens (primary N) is 1. The highest BCUT2D eigenvalue weighted by Crippen LogP contribution is 2.17. The molecule has 0 bridgehead atoms. The number of nitrogen functional groups attached to an aromatic ring is 1. The van der Waals surface area contributed by atoms with E-state index in [9.17, 15) is 0 Å². The van der Waals surface area contributed by atoms with E-state index < -0.39 is 0 Å². The zero-order valence-electron chi connectivity index (χ0n) is 10.0. The Morgan fingerprint density at radius 2 is 2.53 bits per heavy atom. The van der Waals surface area contributed by atoms with Gasteiger partial charge in [-0.25, -0.2) is 4.98 Å². The summed E-state index contributed by atoms with van der Waals surface area (Å²) in [6, 6.07) is 3.62. The fourth-order valence-electron chi connectivity index (χ4n) is 1.93. The number of hydrogen-bond donors (Lipinski definition) is 2. The maximum absolute atomic E-state index is 7.43. The molecular formula is C12H18N4O. The standard InChI is InChI=1S/C12H18N4O/c1-2-10-8-16(5-6-17-10)11-7-9(12(13)14)3-4-15-11/h3-4,7,10H,2,5-6,8H2,1H3,(H3,13,14). The average molecular weight is 234 g/mol. The topological polar surface area (TPSA) is 75.2 Å². The third-order valence-corrected chi connectivity index (χ3v) is 2.97. The van der Waals surface area contributed by atoms with E-state index in [0.29, 0.717) is 0 Å². The van der Waals surface area contributed by atoms with E-state index in [2.05, 4.69) is 16.8 Å². The van der Waals surface area contributed by atoms with Crippen LogP contribution in [0.15, 0.2) is 18.3 Å². The predicted molar refractivity (Wildman–Crippen MR) is 67.5 cm³/mol. The normalized spacial score (nSPS) is 20.3. The van der Waals surface area contributed by atoms with Crippen LogP contribution in [0.1, 0.15) is 18.9 Å². The lowest BCUT2D eigenvalue weighted by molar-refractivity contribution is 0.0381. The van der Waals surface area contributed by atoms with Crippen LogP contribution in [0.3, 0.4) is 0 Å². The van der Waals surface area contributed by atoms with Gasteiger partial charge in [-0.2, -0.15) is 0 Å². The summed E-state index contributed by atoms with van der Waals surface area (Å²) in [5.41, 5.74) is 6.20. The molecule has 17 heavy (non-hydrogen) atoms. The van der Waals surface area contributed by atoms with Gasteiger partial charge in [-0.05, 0) is 18.6 Å². The first-order chi connectivity index (χ1) is 8.20. The average Bonchev–Trinajstić information content (AvgIpc) is 2.39. The highest BCUT2D eigenvalue weighted by Gasteiger charge is 2.20. The molecule has 1 aliphatic rings. The Bertz CT molecular complexity index is 407. The summed E-state index contributed by atoms with van der Waals surface area (Å²) in [7, 11) is 0. The van der Waals surface area contributed by atoms with Gasteiger partial charge in [-0.15, -0.1) is 0 Å². The minimum absolute atomic E-state index is 0.0777. The van der Waals surface area contributed by atoms with Gasteiger partial charge in [0.1, 0.15) is 11.7 Å². The molecule has 0 aromatic carbocycles. The molecule has 1 fully saturated rings. The molecule has 1 saturated heterocycles. The Morgan fingerprint density at radius 3 is 3.24 bits per heavy atom. The molecule has 5 nitrogen and oxygen atoms in total. The molecule has 0 spiro atoms. The van der Waals surface area contributed by atoms with Crippen molar-refractivity contribution >= 4 is 11.7 Å². The van der Waals surface area contributed by atoms with Gasteiger partial charge in [-0.1, -0.05) is 6.92 Å². The Kier molecular flexibility index (Phi) is 3.58. The number of nitrogens with zero attached hydrogens (tertiary/aromatic N) is 2. The highest BCUT2D eigenvalue weighted by atomic mass is 16.5. The SMILES string of the molecule is CCC1CN(c2cc(C(=N)N)ccn2)CCO1. The molecule has 0 amide bonds. The zero-order chi connectivity index (χ0) is 12.3. The van der Waals surface area contributed by atoms with Crippen molar-refractivity contribution in [3.05, 3.63) is 23.9 Å². The van der Waals surface area contributed by atoms with E-state index in [0.717, 1.165) is 37.5 Å². The zero-order valence-corrected chi connectivity index (χ0v) is 10.0. The first kappa shape index (κ1) is 11.9. The Hall–Kier alpha value is -1.62. The molecule has 92 valence electrons. The third-order valence-electron chi connectivity index (χ3n) is 2.97. The Balaban J connectivity index is 2.16. The van der Waals surface area contributed by atoms with E-state index in [-0.39, 0.29) is 11.9 Å². The summed E-state index contributed by atoms with van der Waals surface area (Å²) >= 11 is 0. The van der Waals surface area contributed by atoms with Gasteiger partial charge < -0.3 is 15.4 Å². The van der Waals surface area contributed by atoms with Gasteiger partial charge in [0, 0.05) is 24.8 Å². The van der Waals surface area contributed by atoms with E-state index in [4.69, 9.17) is 15.9 Å². The van der Waals surface area contributed by atoms with Crippen molar-refractivity contribution in [2.75, 3.05) is 24.6 Å². The van der Waals surface area contributed by atoms with Crippen LogP contribution in [0.5, 0.6) is 0 Å². The lowest BCUT2D eigenvalue weighted by Crippen LogP contribution is -2.42. The largest absolute Gasteiger partial charge is 0.384 e. The van der Waals surface area contributed by atoms with Crippen LogP contribution in [0.2, 0.25) is 0 Å². The fourth-order valence-corrected chi connectivity index (χ4v) is 1.93. The lowest BCUT2D eigenvalue weighted by Gasteiger charge is -2.33. The molecule has 1 aromatic rings. The molecular weight excluding hydrogens is 216 g/mol. The van der Waals surface area contributed by atoms with Crippen molar-refractivity contribution in [3.8, 4) is 0 Å². The van der Waals surface area contributed by atoms with Crippen molar-refractivity contribution in [1.29, 1.82) is 5.41 Å². The number of rotatable bonds is 3. The molecule has 1 unspecified atom stereocenters. The molecule has 2 heterocycles. The summed E-state index contributed by atoms with van der Waals surface area (Å²) in [6.07, 6.45) is 2.97. The number of ether oxygens (including phenoxy) is 1. The van der Waals surface area contributed by atoms with Crippen LogP contribution in [0.25, 0.3) is 0 Å². The van der Waals surface area contributed by atoms with Gasteiger partial charge >= 0.3 is 0 Å². The Labute approximate surface area is 101 Å². The van der Waals surface area contributed by atoms with Gasteiger partial charge in [0.25, 0.3) is 0 Å². The molecule has 2 rings (SSSR count). The first-order valence-electron chi connectivity index (χ1n) is 5.87. The van der Waals surface area contributed by atoms with Crippen molar-refractivity contribution < 1.29 is 4.74 Å². The number of amidine groups is 1.